The van der Waals surface area contributed by atoms with Gasteiger partial charge in [-0.2, -0.15) is 0 Å². The third-order valence-corrected chi connectivity index (χ3v) is 6.00. The first kappa shape index (κ1) is 18.1. The fourth-order valence-corrected chi connectivity index (χ4v) is 3.98. The van der Waals surface area contributed by atoms with Gasteiger partial charge in [0.05, 0.1) is 20.1 Å². The average Bonchev–Trinajstić information content (AvgIpc) is 3.62. The lowest BCUT2D eigenvalue weighted by Crippen LogP contribution is -2.36. The van der Waals surface area contributed by atoms with E-state index in [1.54, 1.807) is 14.2 Å². The molecule has 1 saturated heterocycles. The molecule has 0 bridgehead atoms. The molecule has 0 aromatic heterocycles. The standard InChI is InChI=1S/C21H28N2O4/c1-26-15-7-8-16(19(9-15)27-2)17-11-23(21(25)14-5-6-14)12-18(17)20(24)22-10-13-3-4-13/h7-9,13-14,17-18H,3-6,10-12H2,1-2H3,(H,22,24). The summed E-state index contributed by atoms with van der Waals surface area (Å²) in [5.41, 5.74) is 0.968. The van der Waals surface area contributed by atoms with Crippen LogP contribution in [0.25, 0.3) is 0 Å². The summed E-state index contributed by atoms with van der Waals surface area (Å²) in [6, 6.07) is 5.71. The van der Waals surface area contributed by atoms with Crippen LogP contribution in [-0.4, -0.2) is 50.6 Å². The van der Waals surface area contributed by atoms with Gasteiger partial charge in [-0.25, -0.2) is 0 Å². The number of benzene rings is 1. The molecule has 6 nitrogen and oxygen atoms in total. The number of ether oxygens (including phenoxy) is 2. The smallest absolute Gasteiger partial charge is 0.225 e. The van der Waals surface area contributed by atoms with Crippen molar-refractivity contribution >= 4 is 11.8 Å². The third kappa shape index (κ3) is 3.89. The molecular formula is C21H28N2O4. The third-order valence-electron chi connectivity index (χ3n) is 6.00. The van der Waals surface area contributed by atoms with E-state index in [-0.39, 0.29) is 29.6 Å². The van der Waals surface area contributed by atoms with Crippen LogP contribution in [0.5, 0.6) is 11.5 Å². The zero-order chi connectivity index (χ0) is 19.0. The molecule has 4 rings (SSSR count). The molecule has 1 N–H and O–H groups in total. The average molecular weight is 372 g/mol. The molecule has 1 aromatic rings. The van der Waals surface area contributed by atoms with Crippen LogP contribution in [0.3, 0.4) is 0 Å². The highest BCUT2D eigenvalue weighted by atomic mass is 16.5. The van der Waals surface area contributed by atoms with Gasteiger partial charge in [0.15, 0.2) is 0 Å². The van der Waals surface area contributed by atoms with E-state index in [0.717, 1.165) is 24.9 Å². The van der Waals surface area contributed by atoms with Gasteiger partial charge in [-0.1, -0.05) is 6.07 Å². The van der Waals surface area contributed by atoms with Gasteiger partial charge in [-0.15, -0.1) is 0 Å². The van der Waals surface area contributed by atoms with Crippen LogP contribution in [0, 0.1) is 17.8 Å². The van der Waals surface area contributed by atoms with E-state index in [1.807, 2.05) is 23.1 Å². The van der Waals surface area contributed by atoms with Crippen LogP contribution < -0.4 is 14.8 Å². The number of likely N-dealkylation sites (tertiary alicyclic amines) is 1. The number of carbonyl (C=O) groups excluding carboxylic acids is 2. The first-order valence-electron chi connectivity index (χ1n) is 9.89. The Balaban J connectivity index is 1.57. The van der Waals surface area contributed by atoms with E-state index in [9.17, 15) is 9.59 Å². The second-order valence-electron chi connectivity index (χ2n) is 8.03. The normalized spacial score (nSPS) is 24.6. The highest BCUT2D eigenvalue weighted by Crippen LogP contribution is 2.41. The summed E-state index contributed by atoms with van der Waals surface area (Å²) in [7, 11) is 3.25. The van der Waals surface area contributed by atoms with E-state index in [4.69, 9.17) is 9.47 Å². The number of methoxy groups -OCH3 is 2. The van der Waals surface area contributed by atoms with Crippen molar-refractivity contribution in [1.29, 1.82) is 0 Å². The molecule has 2 aliphatic carbocycles. The fraction of sp³-hybridized carbons (Fsp3) is 0.619. The SMILES string of the molecule is COc1ccc(C2CN(C(=O)C3CC3)CC2C(=O)NCC2CC2)c(OC)c1. The van der Waals surface area contributed by atoms with Crippen LogP contribution in [0.2, 0.25) is 0 Å². The molecule has 3 fully saturated rings. The van der Waals surface area contributed by atoms with Crippen molar-refractivity contribution in [1.82, 2.24) is 10.2 Å². The molecule has 1 heterocycles. The van der Waals surface area contributed by atoms with E-state index in [2.05, 4.69) is 5.32 Å². The van der Waals surface area contributed by atoms with Crippen molar-refractivity contribution in [2.45, 2.75) is 31.6 Å². The van der Waals surface area contributed by atoms with Crippen LogP contribution in [0.15, 0.2) is 18.2 Å². The molecule has 27 heavy (non-hydrogen) atoms. The summed E-state index contributed by atoms with van der Waals surface area (Å²) < 4.78 is 10.9. The molecule has 0 radical (unpaired) electrons. The summed E-state index contributed by atoms with van der Waals surface area (Å²) in [4.78, 5) is 27.4. The Hall–Kier alpha value is -2.24. The Kier molecular flexibility index (Phi) is 4.98. The number of nitrogens with zero attached hydrogens (tertiary/aromatic N) is 1. The van der Waals surface area contributed by atoms with Crippen LogP contribution >= 0.6 is 0 Å². The number of hydrogen-bond donors (Lipinski definition) is 1. The molecule has 2 saturated carbocycles. The van der Waals surface area contributed by atoms with Gasteiger partial charge in [-0.05, 0) is 37.7 Å². The lowest BCUT2D eigenvalue weighted by molar-refractivity contribution is -0.132. The fourth-order valence-electron chi connectivity index (χ4n) is 3.98. The molecule has 1 aliphatic heterocycles. The Morgan fingerprint density at radius 2 is 1.89 bits per heavy atom. The zero-order valence-corrected chi connectivity index (χ0v) is 16.1. The maximum Gasteiger partial charge on any atom is 0.225 e. The maximum absolute atomic E-state index is 12.9. The highest BCUT2D eigenvalue weighted by molar-refractivity contribution is 5.85. The largest absolute Gasteiger partial charge is 0.497 e. The highest BCUT2D eigenvalue weighted by Gasteiger charge is 2.44. The number of carbonyl (C=O) groups is 2. The number of nitrogens with one attached hydrogen (secondary N) is 1. The first-order chi connectivity index (χ1) is 13.1. The second-order valence-corrected chi connectivity index (χ2v) is 8.03. The van der Waals surface area contributed by atoms with Gasteiger partial charge in [0.1, 0.15) is 11.5 Å². The molecule has 6 heteroatoms. The second kappa shape index (κ2) is 7.41. The molecule has 2 unspecified atom stereocenters. The van der Waals surface area contributed by atoms with E-state index >= 15 is 0 Å². The van der Waals surface area contributed by atoms with Gasteiger partial charge >= 0.3 is 0 Å². The van der Waals surface area contributed by atoms with Crippen molar-refractivity contribution < 1.29 is 19.1 Å². The molecular weight excluding hydrogens is 344 g/mol. The number of rotatable bonds is 7. The monoisotopic (exact) mass is 372 g/mol. The van der Waals surface area contributed by atoms with Crippen molar-refractivity contribution in [3.05, 3.63) is 23.8 Å². The van der Waals surface area contributed by atoms with Crippen molar-refractivity contribution in [3.63, 3.8) is 0 Å². The Morgan fingerprint density at radius 3 is 2.52 bits per heavy atom. The Labute approximate surface area is 160 Å². The predicted molar refractivity (Wildman–Crippen MR) is 101 cm³/mol. The summed E-state index contributed by atoms with van der Waals surface area (Å²) in [5, 5.41) is 3.11. The van der Waals surface area contributed by atoms with Crippen molar-refractivity contribution in [2.75, 3.05) is 33.9 Å². The van der Waals surface area contributed by atoms with E-state index in [0.29, 0.717) is 30.5 Å². The molecule has 2 atom stereocenters. The zero-order valence-electron chi connectivity index (χ0n) is 16.1. The van der Waals surface area contributed by atoms with E-state index in [1.165, 1.54) is 12.8 Å². The minimum absolute atomic E-state index is 0.0517. The Morgan fingerprint density at radius 1 is 1.11 bits per heavy atom. The molecule has 3 aliphatic rings. The molecule has 2 amide bonds. The number of hydrogen-bond acceptors (Lipinski definition) is 4. The summed E-state index contributed by atoms with van der Waals surface area (Å²) in [6.45, 7) is 1.81. The molecule has 0 spiro atoms. The molecule has 1 aromatic carbocycles. The quantitative estimate of drug-likeness (QED) is 0.797. The van der Waals surface area contributed by atoms with Crippen LogP contribution in [0.4, 0.5) is 0 Å². The minimum atomic E-state index is -0.242. The van der Waals surface area contributed by atoms with Crippen molar-refractivity contribution in [3.8, 4) is 11.5 Å². The van der Waals surface area contributed by atoms with Gasteiger partial charge < -0.3 is 19.7 Å². The van der Waals surface area contributed by atoms with E-state index < -0.39 is 0 Å². The number of amides is 2. The lowest BCUT2D eigenvalue weighted by Gasteiger charge is -2.21. The topological polar surface area (TPSA) is 67.9 Å². The maximum atomic E-state index is 12.9. The van der Waals surface area contributed by atoms with Crippen LogP contribution in [0.1, 0.15) is 37.2 Å². The van der Waals surface area contributed by atoms with Gasteiger partial charge in [0.2, 0.25) is 11.8 Å². The van der Waals surface area contributed by atoms with Gasteiger partial charge in [0.25, 0.3) is 0 Å². The Bertz CT molecular complexity index is 727. The first-order valence-corrected chi connectivity index (χ1v) is 9.89. The molecule has 146 valence electrons. The lowest BCUT2D eigenvalue weighted by atomic mass is 9.87. The van der Waals surface area contributed by atoms with Crippen molar-refractivity contribution in [2.24, 2.45) is 17.8 Å². The minimum Gasteiger partial charge on any atom is -0.497 e. The summed E-state index contributed by atoms with van der Waals surface area (Å²) >= 11 is 0. The van der Waals surface area contributed by atoms with Crippen LogP contribution in [-0.2, 0) is 9.59 Å². The van der Waals surface area contributed by atoms with Gasteiger partial charge in [0, 0.05) is 43.1 Å². The van der Waals surface area contributed by atoms with Gasteiger partial charge in [-0.3, -0.25) is 9.59 Å². The summed E-state index contributed by atoms with van der Waals surface area (Å²) in [6.07, 6.45) is 4.36. The predicted octanol–water partition coefficient (Wildman–Crippen LogP) is 2.18. The summed E-state index contributed by atoms with van der Waals surface area (Å²) in [5.74, 6) is 2.17.